The van der Waals surface area contributed by atoms with E-state index in [1.807, 2.05) is 78.9 Å². The molecule has 1 aliphatic heterocycles. The average Bonchev–Trinajstić information content (AvgIpc) is 3.51. The summed E-state index contributed by atoms with van der Waals surface area (Å²) in [6.45, 7) is 5.16. The summed E-state index contributed by atoms with van der Waals surface area (Å²) in [6, 6.07) is 29.5. The largest absolute Gasteiger partial charge is 0.359 e. The number of benzene rings is 3. The summed E-state index contributed by atoms with van der Waals surface area (Å²) in [5, 5.41) is 3.25. The molecule has 1 N–H and O–H groups in total. The van der Waals surface area contributed by atoms with E-state index in [4.69, 9.17) is 9.47 Å². The van der Waals surface area contributed by atoms with Crippen molar-refractivity contribution in [3.63, 3.8) is 0 Å². The van der Waals surface area contributed by atoms with Gasteiger partial charge >= 0.3 is 0 Å². The minimum Gasteiger partial charge on any atom is -0.359 e. The lowest BCUT2D eigenvalue weighted by Gasteiger charge is -2.38. The number of unbranched alkanes of at least 4 members (excludes halogenated alkanes) is 1. The molecule has 2 atom stereocenters. The number of nitrogens with one attached hydrogen (secondary N) is 1. The summed E-state index contributed by atoms with van der Waals surface area (Å²) < 4.78 is 11.6. The molecule has 1 saturated heterocycles. The molecule has 1 heterocycles. The maximum absolute atomic E-state index is 13.6. The van der Waals surface area contributed by atoms with Gasteiger partial charge in [-0.2, -0.15) is 0 Å². The van der Waals surface area contributed by atoms with Gasteiger partial charge in [-0.3, -0.25) is 9.59 Å². The van der Waals surface area contributed by atoms with E-state index in [2.05, 4.69) is 31.3 Å². The van der Waals surface area contributed by atoms with Crippen LogP contribution in [-0.2, 0) is 24.7 Å². The summed E-state index contributed by atoms with van der Waals surface area (Å²) in [4.78, 5) is 28.7. The standard InChI is InChI=1S/C35H44N2O4/c1-27(2)35(41-26-40-3,30-20-11-6-12-21-30)24-14-13-23-32(38)37-25-15-22-31(37)34(39)36-33(28-16-7-4-8-17-28)29-18-9-5-10-19-29/h4-12,16-21,27,31,33H,13-15,22-26H2,1-3H3,(H,36,39)/t31-,35?/m1/s1. The van der Waals surface area contributed by atoms with Crippen LogP contribution in [0.2, 0.25) is 0 Å². The molecule has 1 aliphatic rings. The van der Waals surface area contributed by atoms with Crippen molar-refractivity contribution < 1.29 is 19.1 Å². The van der Waals surface area contributed by atoms with E-state index in [1.54, 1.807) is 12.0 Å². The van der Waals surface area contributed by atoms with Crippen molar-refractivity contribution in [1.82, 2.24) is 10.2 Å². The third-order valence-corrected chi connectivity index (χ3v) is 8.25. The molecule has 3 aromatic rings. The quantitative estimate of drug-likeness (QED) is 0.179. The molecule has 6 nitrogen and oxygen atoms in total. The van der Waals surface area contributed by atoms with Gasteiger partial charge < -0.3 is 19.7 Å². The number of amides is 2. The number of ether oxygens (including phenoxy) is 2. The van der Waals surface area contributed by atoms with Gasteiger partial charge in [-0.25, -0.2) is 0 Å². The van der Waals surface area contributed by atoms with Crippen molar-refractivity contribution in [2.75, 3.05) is 20.4 Å². The van der Waals surface area contributed by atoms with Crippen molar-refractivity contribution in [1.29, 1.82) is 0 Å². The smallest absolute Gasteiger partial charge is 0.243 e. The minimum atomic E-state index is -0.486. The van der Waals surface area contributed by atoms with Gasteiger partial charge in [0.2, 0.25) is 11.8 Å². The summed E-state index contributed by atoms with van der Waals surface area (Å²) >= 11 is 0. The molecule has 0 aliphatic carbocycles. The lowest BCUT2D eigenvalue weighted by molar-refractivity contribution is -0.162. The van der Waals surface area contributed by atoms with E-state index in [-0.39, 0.29) is 30.6 Å². The third-order valence-electron chi connectivity index (χ3n) is 8.25. The fraction of sp³-hybridized carbons (Fsp3) is 0.429. The Morgan fingerprint density at radius 2 is 1.49 bits per heavy atom. The first-order valence-electron chi connectivity index (χ1n) is 14.8. The first-order valence-corrected chi connectivity index (χ1v) is 14.8. The topological polar surface area (TPSA) is 67.9 Å². The molecular formula is C35H44N2O4. The van der Waals surface area contributed by atoms with E-state index >= 15 is 0 Å². The number of methoxy groups -OCH3 is 1. The fourth-order valence-electron chi connectivity index (χ4n) is 6.01. The summed E-state index contributed by atoms with van der Waals surface area (Å²) in [5.41, 5.74) is 2.68. The van der Waals surface area contributed by atoms with Gasteiger partial charge in [-0.1, -0.05) is 105 Å². The summed E-state index contributed by atoms with van der Waals surface area (Å²) in [6.07, 6.45) is 4.28. The molecule has 6 heteroatoms. The van der Waals surface area contributed by atoms with Gasteiger partial charge in [0.05, 0.1) is 11.6 Å². The van der Waals surface area contributed by atoms with E-state index in [9.17, 15) is 9.59 Å². The molecule has 2 amide bonds. The van der Waals surface area contributed by atoms with Crippen LogP contribution in [0.3, 0.4) is 0 Å². The van der Waals surface area contributed by atoms with Crippen molar-refractivity contribution in [3.8, 4) is 0 Å². The number of rotatable bonds is 14. The van der Waals surface area contributed by atoms with E-state index in [0.717, 1.165) is 42.4 Å². The van der Waals surface area contributed by atoms with Crippen molar-refractivity contribution in [2.24, 2.45) is 5.92 Å². The van der Waals surface area contributed by atoms with E-state index < -0.39 is 11.6 Å². The highest BCUT2D eigenvalue weighted by Crippen LogP contribution is 2.39. The predicted octanol–water partition coefficient (Wildman–Crippen LogP) is 6.62. The highest BCUT2D eigenvalue weighted by Gasteiger charge is 2.37. The van der Waals surface area contributed by atoms with Gasteiger partial charge in [0.1, 0.15) is 12.8 Å². The first-order chi connectivity index (χ1) is 20.0. The molecular weight excluding hydrogens is 512 g/mol. The average molecular weight is 557 g/mol. The number of hydrogen-bond acceptors (Lipinski definition) is 4. The van der Waals surface area contributed by atoms with Crippen LogP contribution in [0.1, 0.15) is 75.1 Å². The van der Waals surface area contributed by atoms with Crippen molar-refractivity contribution >= 4 is 11.8 Å². The number of carbonyl (C=O) groups excluding carboxylic acids is 2. The van der Waals surface area contributed by atoms with Crippen LogP contribution < -0.4 is 5.32 Å². The Bertz CT molecular complexity index is 1180. The molecule has 218 valence electrons. The monoisotopic (exact) mass is 556 g/mol. The normalized spacial score (nSPS) is 16.6. The minimum absolute atomic E-state index is 0.0475. The fourth-order valence-corrected chi connectivity index (χ4v) is 6.01. The first kappa shape index (κ1) is 30.5. The van der Waals surface area contributed by atoms with E-state index in [0.29, 0.717) is 19.4 Å². The van der Waals surface area contributed by atoms with Crippen molar-refractivity contribution in [2.45, 2.75) is 70.1 Å². The summed E-state index contributed by atoms with van der Waals surface area (Å²) in [5.74, 6) is 0.181. The molecule has 0 aromatic heterocycles. The van der Waals surface area contributed by atoms with Gasteiger partial charge in [-0.05, 0) is 54.7 Å². The zero-order valence-electron chi connectivity index (χ0n) is 24.6. The van der Waals surface area contributed by atoms with Gasteiger partial charge in [0, 0.05) is 20.1 Å². The Labute approximate surface area is 245 Å². The zero-order chi connectivity index (χ0) is 29.1. The number of likely N-dealkylation sites (tertiary alicyclic amines) is 1. The molecule has 41 heavy (non-hydrogen) atoms. The van der Waals surface area contributed by atoms with Crippen LogP contribution in [0, 0.1) is 5.92 Å². The molecule has 4 rings (SSSR count). The Morgan fingerprint density at radius 1 is 0.902 bits per heavy atom. The Morgan fingerprint density at radius 3 is 2.05 bits per heavy atom. The molecule has 1 unspecified atom stereocenters. The van der Waals surface area contributed by atoms with Crippen molar-refractivity contribution in [3.05, 3.63) is 108 Å². The van der Waals surface area contributed by atoms with Crippen LogP contribution in [-0.4, -0.2) is 43.2 Å². The van der Waals surface area contributed by atoms with Crippen LogP contribution in [0.15, 0.2) is 91.0 Å². The van der Waals surface area contributed by atoms with Crippen LogP contribution in [0.5, 0.6) is 0 Å². The summed E-state index contributed by atoms with van der Waals surface area (Å²) in [7, 11) is 1.64. The highest BCUT2D eigenvalue weighted by atomic mass is 16.7. The molecule has 0 saturated carbocycles. The maximum atomic E-state index is 13.6. The zero-order valence-corrected chi connectivity index (χ0v) is 24.6. The SMILES string of the molecule is COCOC(CCCCC(=O)N1CCC[C@@H]1C(=O)NC(c1ccccc1)c1ccccc1)(c1ccccc1)C(C)C. The Balaban J connectivity index is 1.38. The lowest BCUT2D eigenvalue weighted by Crippen LogP contribution is -2.47. The number of carbonyl (C=O) groups is 2. The van der Waals surface area contributed by atoms with Gasteiger partial charge in [0.25, 0.3) is 0 Å². The third kappa shape index (κ3) is 7.63. The number of hydrogen-bond donors (Lipinski definition) is 1. The van der Waals surface area contributed by atoms with Crippen LogP contribution >= 0.6 is 0 Å². The molecule has 3 aromatic carbocycles. The molecule has 0 bridgehead atoms. The highest BCUT2D eigenvalue weighted by molar-refractivity contribution is 5.88. The van der Waals surface area contributed by atoms with Crippen LogP contribution in [0.4, 0.5) is 0 Å². The van der Waals surface area contributed by atoms with E-state index in [1.165, 1.54) is 0 Å². The predicted molar refractivity (Wildman–Crippen MR) is 162 cm³/mol. The molecule has 0 spiro atoms. The van der Waals surface area contributed by atoms with Crippen LogP contribution in [0.25, 0.3) is 0 Å². The Hall–Kier alpha value is -3.48. The Kier molecular flexibility index (Phi) is 11.1. The number of nitrogens with zero attached hydrogens (tertiary/aromatic N) is 1. The maximum Gasteiger partial charge on any atom is 0.243 e. The molecule has 0 radical (unpaired) electrons. The second-order valence-electron chi connectivity index (χ2n) is 11.2. The second kappa shape index (κ2) is 14.9. The lowest BCUT2D eigenvalue weighted by atomic mass is 9.79. The van der Waals surface area contributed by atoms with Gasteiger partial charge in [-0.15, -0.1) is 0 Å². The molecule has 1 fully saturated rings. The second-order valence-corrected chi connectivity index (χ2v) is 11.2. The van der Waals surface area contributed by atoms with Gasteiger partial charge in [0.15, 0.2) is 0 Å².